The molecular weight excluding hydrogens is 343 g/mol. The van der Waals surface area contributed by atoms with Crippen LogP contribution in [0.1, 0.15) is 25.3 Å². The summed E-state index contributed by atoms with van der Waals surface area (Å²) in [5.74, 6) is 0. The molecule has 0 amide bonds. The molecule has 1 aromatic carbocycles. The van der Waals surface area contributed by atoms with Gasteiger partial charge in [0.1, 0.15) is 0 Å². The van der Waals surface area contributed by atoms with Gasteiger partial charge in [-0.2, -0.15) is 0 Å². The number of anilines is 1. The molecule has 0 bridgehead atoms. The lowest BCUT2D eigenvalue weighted by molar-refractivity contribution is 0.832. The second kappa shape index (κ2) is 7.43. The number of nitrogens with two attached hydrogens (primary N) is 1. The van der Waals surface area contributed by atoms with E-state index in [1.807, 2.05) is 28.9 Å². The molecule has 0 saturated heterocycles. The average molecular weight is 363 g/mol. The minimum atomic E-state index is 0.395. The van der Waals surface area contributed by atoms with Crippen molar-refractivity contribution in [3.05, 3.63) is 52.4 Å². The van der Waals surface area contributed by atoms with Gasteiger partial charge in [0.25, 0.3) is 0 Å². The zero-order chi connectivity index (χ0) is 17.1. The summed E-state index contributed by atoms with van der Waals surface area (Å²) in [5.41, 5.74) is 10.8. The van der Waals surface area contributed by atoms with E-state index in [2.05, 4.69) is 17.2 Å². The Bertz CT molecular complexity index is 858. The third-order valence-corrected chi connectivity index (χ3v) is 4.59. The highest BCUT2D eigenvalue weighted by Gasteiger charge is 2.16. The number of hydrogen-bond acceptors (Lipinski definition) is 3. The first-order valence-electron chi connectivity index (χ1n) is 8.03. The third kappa shape index (κ3) is 3.22. The fourth-order valence-electron chi connectivity index (χ4n) is 2.83. The third-order valence-electron chi connectivity index (χ3n) is 4.04. The molecule has 0 radical (unpaired) electrons. The highest BCUT2D eigenvalue weighted by Crippen LogP contribution is 2.36. The smallest absolute Gasteiger partial charge is 0.160 e. The maximum Gasteiger partial charge on any atom is 0.160 e. The highest BCUT2D eigenvalue weighted by molar-refractivity contribution is 6.36. The van der Waals surface area contributed by atoms with Crippen LogP contribution in [0.5, 0.6) is 0 Å². The van der Waals surface area contributed by atoms with Gasteiger partial charge in [0, 0.05) is 58.4 Å². The second-order valence-corrected chi connectivity index (χ2v) is 6.51. The molecule has 0 atom stereocenters. The number of unbranched alkanes of at least 4 members (excludes halogenated alkanes) is 1. The molecule has 0 fully saturated rings. The van der Waals surface area contributed by atoms with E-state index in [0.29, 0.717) is 16.6 Å². The van der Waals surface area contributed by atoms with Crippen molar-refractivity contribution >= 4 is 34.5 Å². The van der Waals surface area contributed by atoms with Gasteiger partial charge in [-0.3, -0.25) is 0 Å². The number of halogens is 2. The van der Waals surface area contributed by atoms with Gasteiger partial charge in [0.15, 0.2) is 5.65 Å². The van der Waals surface area contributed by atoms with Gasteiger partial charge in [0.05, 0.1) is 5.69 Å². The Hall–Kier alpha value is -1.75. The summed E-state index contributed by atoms with van der Waals surface area (Å²) in [6.45, 7) is 3.44. The zero-order valence-electron chi connectivity index (χ0n) is 13.5. The quantitative estimate of drug-likeness (QED) is 0.608. The van der Waals surface area contributed by atoms with Crippen LogP contribution >= 0.6 is 23.2 Å². The second-order valence-electron chi connectivity index (χ2n) is 5.66. The molecular formula is C18H20Cl2N4. The van der Waals surface area contributed by atoms with Gasteiger partial charge in [-0.1, -0.05) is 42.6 Å². The minimum absolute atomic E-state index is 0.395. The highest BCUT2D eigenvalue weighted by atomic mass is 35.5. The van der Waals surface area contributed by atoms with Gasteiger partial charge in [-0.15, -0.1) is 0 Å². The SMILES string of the molecule is CCCCNc1c(CN)c(-c2ccc(Cl)cc2Cl)cn2ccnc12. The number of aromatic nitrogens is 2. The molecule has 0 saturated carbocycles. The summed E-state index contributed by atoms with van der Waals surface area (Å²) in [5, 5.41) is 4.72. The van der Waals surface area contributed by atoms with Crippen LogP contribution in [-0.4, -0.2) is 15.9 Å². The van der Waals surface area contributed by atoms with E-state index in [0.717, 1.165) is 47.4 Å². The largest absolute Gasteiger partial charge is 0.382 e. The van der Waals surface area contributed by atoms with E-state index >= 15 is 0 Å². The van der Waals surface area contributed by atoms with Crippen LogP contribution < -0.4 is 11.1 Å². The minimum Gasteiger partial charge on any atom is -0.382 e. The lowest BCUT2D eigenvalue weighted by atomic mass is 10.00. The number of nitrogens with zero attached hydrogens (tertiary/aromatic N) is 2. The Morgan fingerprint density at radius 2 is 2.08 bits per heavy atom. The number of nitrogens with one attached hydrogen (secondary N) is 1. The van der Waals surface area contributed by atoms with Gasteiger partial charge in [-0.05, 0) is 18.6 Å². The van der Waals surface area contributed by atoms with Gasteiger partial charge in [-0.25, -0.2) is 4.98 Å². The summed E-state index contributed by atoms with van der Waals surface area (Å²) in [4.78, 5) is 4.47. The Kier molecular flexibility index (Phi) is 5.29. The van der Waals surface area contributed by atoms with Crippen LogP contribution in [-0.2, 0) is 6.54 Å². The normalized spacial score (nSPS) is 11.2. The summed E-state index contributed by atoms with van der Waals surface area (Å²) in [6.07, 6.45) is 7.94. The van der Waals surface area contributed by atoms with E-state index in [9.17, 15) is 0 Å². The fraction of sp³-hybridized carbons (Fsp3) is 0.278. The van der Waals surface area contributed by atoms with Crippen LogP contribution in [0.3, 0.4) is 0 Å². The molecule has 126 valence electrons. The molecule has 3 N–H and O–H groups in total. The van der Waals surface area contributed by atoms with Crippen molar-refractivity contribution < 1.29 is 0 Å². The Labute approximate surface area is 151 Å². The summed E-state index contributed by atoms with van der Waals surface area (Å²) >= 11 is 12.5. The van der Waals surface area contributed by atoms with Crippen LogP contribution in [0.25, 0.3) is 16.8 Å². The van der Waals surface area contributed by atoms with Crippen LogP contribution in [0.4, 0.5) is 5.69 Å². The van der Waals surface area contributed by atoms with Crippen molar-refractivity contribution in [1.82, 2.24) is 9.38 Å². The van der Waals surface area contributed by atoms with Crippen molar-refractivity contribution in [1.29, 1.82) is 0 Å². The van der Waals surface area contributed by atoms with Gasteiger partial charge >= 0.3 is 0 Å². The first kappa shape index (κ1) is 17.1. The monoisotopic (exact) mass is 362 g/mol. The Morgan fingerprint density at radius 3 is 2.79 bits per heavy atom. The number of benzene rings is 1. The molecule has 6 heteroatoms. The van der Waals surface area contributed by atoms with E-state index < -0.39 is 0 Å². The number of hydrogen-bond donors (Lipinski definition) is 2. The predicted octanol–water partition coefficient (Wildman–Crippen LogP) is 4.98. The molecule has 0 aliphatic rings. The van der Waals surface area contributed by atoms with Crippen molar-refractivity contribution in [2.75, 3.05) is 11.9 Å². The van der Waals surface area contributed by atoms with Gasteiger partial charge in [0.2, 0.25) is 0 Å². The molecule has 4 nitrogen and oxygen atoms in total. The van der Waals surface area contributed by atoms with E-state index in [4.69, 9.17) is 28.9 Å². The van der Waals surface area contributed by atoms with E-state index in [1.54, 1.807) is 12.3 Å². The summed E-state index contributed by atoms with van der Waals surface area (Å²) in [7, 11) is 0. The predicted molar refractivity (Wildman–Crippen MR) is 102 cm³/mol. The van der Waals surface area contributed by atoms with Crippen molar-refractivity contribution in [3.63, 3.8) is 0 Å². The molecule has 2 aromatic heterocycles. The van der Waals surface area contributed by atoms with Crippen molar-refractivity contribution in [2.45, 2.75) is 26.3 Å². The molecule has 0 aliphatic carbocycles. The first-order chi connectivity index (χ1) is 11.7. The maximum atomic E-state index is 6.43. The number of pyridine rings is 1. The summed E-state index contributed by atoms with van der Waals surface area (Å²) in [6, 6.07) is 5.52. The van der Waals surface area contributed by atoms with E-state index in [-0.39, 0.29) is 0 Å². The molecule has 3 aromatic rings. The topological polar surface area (TPSA) is 55.3 Å². The molecule has 0 aliphatic heterocycles. The number of rotatable bonds is 6. The average Bonchev–Trinajstić information content (AvgIpc) is 3.03. The van der Waals surface area contributed by atoms with Crippen molar-refractivity contribution in [3.8, 4) is 11.1 Å². The Balaban J connectivity index is 2.19. The van der Waals surface area contributed by atoms with Crippen molar-refractivity contribution in [2.24, 2.45) is 5.73 Å². The van der Waals surface area contributed by atoms with Crippen LogP contribution in [0, 0.1) is 0 Å². The van der Waals surface area contributed by atoms with Gasteiger partial charge < -0.3 is 15.5 Å². The lowest BCUT2D eigenvalue weighted by Crippen LogP contribution is -2.11. The standard InChI is InChI=1S/C18H20Cl2N4/c1-2-3-6-22-17-14(10-21)15(11-24-8-7-23-18(17)24)13-5-4-12(19)9-16(13)20/h4-5,7-9,11,22H,2-3,6,10,21H2,1H3. The molecule has 0 spiro atoms. The van der Waals surface area contributed by atoms with Crippen LogP contribution in [0.15, 0.2) is 36.8 Å². The summed E-state index contributed by atoms with van der Waals surface area (Å²) < 4.78 is 1.99. The Morgan fingerprint density at radius 1 is 1.25 bits per heavy atom. The van der Waals surface area contributed by atoms with Crippen LogP contribution in [0.2, 0.25) is 10.0 Å². The molecule has 24 heavy (non-hydrogen) atoms. The fourth-order valence-corrected chi connectivity index (χ4v) is 3.34. The molecule has 2 heterocycles. The number of imidazole rings is 1. The zero-order valence-corrected chi connectivity index (χ0v) is 15.0. The lowest BCUT2D eigenvalue weighted by Gasteiger charge is -2.18. The van der Waals surface area contributed by atoms with E-state index in [1.165, 1.54) is 0 Å². The molecule has 0 unspecified atom stereocenters. The number of fused-ring (bicyclic) bond motifs is 1. The molecule has 3 rings (SSSR count). The first-order valence-corrected chi connectivity index (χ1v) is 8.79. The maximum absolute atomic E-state index is 6.43.